The van der Waals surface area contributed by atoms with E-state index in [4.69, 9.17) is 9.47 Å². The summed E-state index contributed by atoms with van der Waals surface area (Å²) in [5.41, 5.74) is 2.17. The van der Waals surface area contributed by atoms with Crippen LogP contribution in [0.1, 0.15) is 31.9 Å². The number of rotatable bonds is 7. The van der Waals surface area contributed by atoms with Crippen LogP contribution in [-0.2, 0) is 29.7 Å². The second-order valence-electron chi connectivity index (χ2n) is 9.16. The van der Waals surface area contributed by atoms with E-state index in [1.165, 1.54) is 0 Å². The molecule has 9 heteroatoms. The first-order valence-electron chi connectivity index (χ1n) is 11.2. The number of esters is 1. The highest BCUT2D eigenvalue weighted by molar-refractivity contribution is 5.91. The number of carbonyl (C=O) groups is 2. The maximum atomic E-state index is 12.5. The molecule has 0 spiro atoms. The van der Waals surface area contributed by atoms with Crippen LogP contribution in [0.5, 0.6) is 11.6 Å². The molecule has 0 radical (unpaired) electrons. The molecule has 0 atom stereocenters. The van der Waals surface area contributed by atoms with Crippen LogP contribution in [0.15, 0.2) is 60.9 Å². The normalized spacial score (nSPS) is 11.3. The summed E-state index contributed by atoms with van der Waals surface area (Å²) in [6, 6.07) is 16.5. The molecule has 0 saturated carbocycles. The molecule has 0 aliphatic rings. The molecule has 35 heavy (non-hydrogen) atoms. The fourth-order valence-electron chi connectivity index (χ4n) is 3.15. The van der Waals surface area contributed by atoms with Crippen molar-refractivity contribution in [2.45, 2.75) is 33.8 Å². The van der Waals surface area contributed by atoms with Crippen LogP contribution in [0.4, 0.5) is 5.95 Å². The van der Waals surface area contributed by atoms with E-state index < -0.39 is 5.41 Å². The number of nitrogens with one attached hydrogen (secondary N) is 1. The van der Waals surface area contributed by atoms with Gasteiger partial charge in [-0.15, -0.1) is 0 Å². The van der Waals surface area contributed by atoms with Crippen LogP contribution in [0.25, 0.3) is 11.2 Å². The predicted octanol–water partition coefficient (Wildman–Crippen LogP) is 4.08. The fraction of sp³-hybridized carbons (Fsp3) is 0.269. The largest absolute Gasteiger partial charge is 0.471 e. The second kappa shape index (κ2) is 9.92. The molecule has 0 saturated heterocycles. The van der Waals surface area contributed by atoms with Gasteiger partial charge in [0, 0.05) is 7.05 Å². The Balaban J connectivity index is 1.47. The molecule has 0 bridgehead atoms. The summed E-state index contributed by atoms with van der Waals surface area (Å²) >= 11 is 0. The smallest absolute Gasteiger partial charge is 0.316 e. The van der Waals surface area contributed by atoms with E-state index in [0.29, 0.717) is 16.9 Å². The molecule has 2 aromatic carbocycles. The predicted molar refractivity (Wildman–Crippen MR) is 131 cm³/mol. The van der Waals surface area contributed by atoms with E-state index >= 15 is 0 Å². The van der Waals surface area contributed by atoms with E-state index in [1.807, 2.05) is 42.5 Å². The number of benzene rings is 2. The van der Waals surface area contributed by atoms with Crippen LogP contribution in [-0.4, -0.2) is 31.4 Å². The molecule has 1 N–H and O–H groups in total. The minimum absolute atomic E-state index is 0.140. The Bertz CT molecular complexity index is 1340. The summed E-state index contributed by atoms with van der Waals surface area (Å²) in [5, 5.41) is 2.75. The van der Waals surface area contributed by atoms with Gasteiger partial charge in [0.2, 0.25) is 17.7 Å². The lowest BCUT2D eigenvalue weighted by Crippen LogP contribution is -2.25. The molecule has 2 aromatic heterocycles. The lowest BCUT2D eigenvalue weighted by atomic mass is 9.97. The number of nitrogens with zero attached hydrogens (tertiary/aromatic N) is 4. The van der Waals surface area contributed by atoms with Gasteiger partial charge in [-0.3, -0.25) is 14.9 Å². The zero-order valence-electron chi connectivity index (χ0n) is 20.1. The highest BCUT2D eigenvalue weighted by Crippen LogP contribution is 2.24. The van der Waals surface area contributed by atoms with E-state index in [2.05, 4.69) is 20.3 Å². The number of hydrogen-bond acceptors (Lipinski definition) is 7. The number of fused-ring (bicyclic) bond motifs is 1. The third kappa shape index (κ3) is 6.00. The number of carbonyl (C=O) groups excluding carboxylic acids is 2. The lowest BCUT2D eigenvalue weighted by molar-refractivity contribution is -0.143. The lowest BCUT2D eigenvalue weighted by Gasteiger charge is -2.16. The molecule has 0 unspecified atom stereocenters. The number of aryl methyl sites for hydroxylation is 1. The molecule has 4 aromatic rings. The molecule has 2 heterocycles. The first-order chi connectivity index (χ1) is 16.7. The van der Waals surface area contributed by atoms with Crippen LogP contribution in [0.2, 0.25) is 0 Å². The Labute approximate surface area is 203 Å². The van der Waals surface area contributed by atoms with Crippen molar-refractivity contribution >= 4 is 29.0 Å². The maximum absolute atomic E-state index is 12.5. The topological polar surface area (TPSA) is 108 Å². The molecule has 0 fully saturated rings. The van der Waals surface area contributed by atoms with Gasteiger partial charge in [-0.1, -0.05) is 42.5 Å². The molecular formula is C26H27N5O4. The van der Waals surface area contributed by atoms with Gasteiger partial charge in [0.05, 0.1) is 18.2 Å². The van der Waals surface area contributed by atoms with E-state index in [1.54, 1.807) is 50.8 Å². The van der Waals surface area contributed by atoms with Crippen LogP contribution in [0.3, 0.4) is 0 Å². The monoisotopic (exact) mass is 473 g/mol. The standard InChI is InChI=1S/C26H27N5O4/c1-26(2,3)24(33)35-19-12-10-18(11-13-19)15-34-23-21-22(31(4)16-27-21)29-25(30-23)28-20(32)14-17-8-6-5-7-9-17/h5-13,16H,14-15H2,1-4H3,(H,28,29,30,32). The van der Waals surface area contributed by atoms with Crippen molar-refractivity contribution in [1.82, 2.24) is 19.5 Å². The second-order valence-corrected chi connectivity index (χ2v) is 9.16. The Morgan fingerprint density at radius 3 is 2.37 bits per heavy atom. The van der Waals surface area contributed by atoms with Crippen molar-refractivity contribution in [2.75, 3.05) is 5.32 Å². The summed E-state index contributed by atoms with van der Waals surface area (Å²) in [6.45, 7) is 5.61. The van der Waals surface area contributed by atoms with Gasteiger partial charge >= 0.3 is 5.97 Å². The van der Waals surface area contributed by atoms with Gasteiger partial charge in [0.25, 0.3) is 0 Å². The fourth-order valence-corrected chi connectivity index (χ4v) is 3.15. The van der Waals surface area contributed by atoms with Crippen molar-refractivity contribution in [2.24, 2.45) is 12.5 Å². The number of aromatic nitrogens is 4. The van der Waals surface area contributed by atoms with Crippen molar-refractivity contribution in [1.29, 1.82) is 0 Å². The van der Waals surface area contributed by atoms with Crippen molar-refractivity contribution < 1.29 is 19.1 Å². The number of anilines is 1. The highest BCUT2D eigenvalue weighted by Gasteiger charge is 2.23. The number of ether oxygens (including phenoxy) is 2. The molecule has 9 nitrogen and oxygen atoms in total. The van der Waals surface area contributed by atoms with Gasteiger partial charge in [-0.05, 0) is 44.0 Å². The average Bonchev–Trinajstić information content (AvgIpc) is 3.19. The van der Waals surface area contributed by atoms with E-state index in [9.17, 15) is 9.59 Å². The summed E-state index contributed by atoms with van der Waals surface area (Å²) in [5.74, 6) is 0.326. The van der Waals surface area contributed by atoms with Crippen molar-refractivity contribution in [3.63, 3.8) is 0 Å². The molecule has 4 rings (SSSR count). The van der Waals surface area contributed by atoms with E-state index in [-0.39, 0.29) is 36.7 Å². The van der Waals surface area contributed by atoms with Gasteiger partial charge in [-0.25, -0.2) is 4.98 Å². The van der Waals surface area contributed by atoms with Crippen molar-refractivity contribution in [3.8, 4) is 11.6 Å². The Kier molecular flexibility index (Phi) is 6.77. The third-order valence-electron chi connectivity index (χ3n) is 5.11. The van der Waals surface area contributed by atoms with Crippen molar-refractivity contribution in [3.05, 3.63) is 72.1 Å². The van der Waals surface area contributed by atoms with Gasteiger partial charge < -0.3 is 14.0 Å². The zero-order valence-corrected chi connectivity index (χ0v) is 20.1. The quantitative estimate of drug-likeness (QED) is 0.318. The third-order valence-corrected chi connectivity index (χ3v) is 5.11. The Hall–Kier alpha value is -4.27. The number of amides is 1. The molecule has 0 aliphatic carbocycles. The molecular weight excluding hydrogens is 446 g/mol. The molecule has 0 aliphatic heterocycles. The summed E-state index contributed by atoms with van der Waals surface area (Å²) in [4.78, 5) is 37.7. The van der Waals surface area contributed by atoms with Gasteiger partial charge in [0.15, 0.2) is 11.2 Å². The summed E-state index contributed by atoms with van der Waals surface area (Å²) in [6.07, 6.45) is 1.82. The van der Waals surface area contributed by atoms with Gasteiger partial charge in [-0.2, -0.15) is 9.97 Å². The minimum Gasteiger partial charge on any atom is -0.471 e. The zero-order chi connectivity index (χ0) is 25.0. The molecule has 1 amide bonds. The maximum Gasteiger partial charge on any atom is 0.316 e. The average molecular weight is 474 g/mol. The van der Waals surface area contributed by atoms with Gasteiger partial charge in [0.1, 0.15) is 12.4 Å². The van der Waals surface area contributed by atoms with Crippen LogP contribution >= 0.6 is 0 Å². The number of imidazole rings is 1. The first-order valence-corrected chi connectivity index (χ1v) is 11.2. The summed E-state index contributed by atoms with van der Waals surface area (Å²) < 4.78 is 13.1. The first kappa shape index (κ1) is 23.9. The number of hydrogen-bond donors (Lipinski definition) is 1. The van der Waals surface area contributed by atoms with Crippen LogP contribution < -0.4 is 14.8 Å². The van der Waals surface area contributed by atoms with Crippen LogP contribution in [0, 0.1) is 5.41 Å². The molecule has 180 valence electrons. The Morgan fingerprint density at radius 1 is 0.971 bits per heavy atom. The Morgan fingerprint density at radius 2 is 1.69 bits per heavy atom. The highest BCUT2D eigenvalue weighted by atomic mass is 16.5. The van der Waals surface area contributed by atoms with E-state index in [0.717, 1.165) is 11.1 Å². The summed E-state index contributed by atoms with van der Waals surface area (Å²) in [7, 11) is 1.80. The SMILES string of the molecule is Cn1cnc2c(OCc3ccc(OC(=O)C(C)(C)C)cc3)nc(NC(=O)Cc3ccccc3)nc21. The minimum atomic E-state index is -0.586.